The fourth-order valence-electron chi connectivity index (χ4n) is 2.95. The van der Waals surface area contributed by atoms with Gasteiger partial charge >= 0.3 is 0 Å². The molecule has 0 atom stereocenters. The van der Waals surface area contributed by atoms with Crippen molar-refractivity contribution in [2.45, 2.75) is 26.8 Å². The molecule has 0 aliphatic carbocycles. The number of carbonyl (C=O) groups is 2. The van der Waals surface area contributed by atoms with Crippen molar-refractivity contribution in [3.63, 3.8) is 0 Å². The molecule has 1 aromatic heterocycles. The minimum atomic E-state index is -0.543. The van der Waals surface area contributed by atoms with Crippen LogP contribution in [-0.4, -0.2) is 21.6 Å². The molecule has 0 bridgehead atoms. The molecular formula is C22H22N4O3. The highest BCUT2D eigenvalue weighted by atomic mass is 16.2. The molecule has 29 heavy (non-hydrogen) atoms. The molecule has 2 N–H and O–H groups in total. The first-order chi connectivity index (χ1) is 14.0. The van der Waals surface area contributed by atoms with Crippen LogP contribution in [0.25, 0.3) is 11.3 Å². The van der Waals surface area contributed by atoms with Gasteiger partial charge in [0.05, 0.1) is 5.69 Å². The molecule has 148 valence electrons. The van der Waals surface area contributed by atoms with Crippen molar-refractivity contribution in [3.8, 4) is 11.3 Å². The van der Waals surface area contributed by atoms with Crippen LogP contribution in [0.4, 0.5) is 11.4 Å². The topological polar surface area (TPSA) is 93.1 Å². The third-order valence-corrected chi connectivity index (χ3v) is 4.32. The number of carbonyl (C=O) groups excluding carboxylic acids is 2. The van der Waals surface area contributed by atoms with Gasteiger partial charge in [0.1, 0.15) is 12.2 Å². The van der Waals surface area contributed by atoms with Gasteiger partial charge in [-0.15, -0.1) is 0 Å². The highest BCUT2D eigenvalue weighted by Crippen LogP contribution is 2.18. The number of aryl methyl sites for hydroxylation is 1. The first kappa shape index (κ1) is 20.0. The molecule has 7 nitrogen and oxygen atoms in total. The second kappa shape index (κ2) is 8.97. The molecule has 3 rings (SSSR count). The van der Waals surface area contributed by atoms with E-state index in [1.165, 1.54) is 13.0 Å². The molecule has 1 heterocycles. The zero-order valence-electron chi connectivity index (χ0n) is 16.3. The van der Waals surface area contributed by atoms with Crippen LogP contribution >= 0.6 is 0 Å². The molecule has 0 radical (unpaired) electrons. The number of nitrogens with zero attached hydrogens (tertiary/aromatic N) is 2. The molecule has 0 saturated carbocycles. The standard InChI is InChI=1S/C22H22N4O3/c1-3-16-9-7-8-12-18(16)24-21(28)14-26-22(29)20(23-15(2)27)13-19(25-26)17-10-5-4-6-11-17/h4-13H,3,14H2,1-2H3,(H,23,27)(H,24,28). The zero-order chi connectivity index (χ0) is 20.8. The average molecular weight is 390 g/mol. The second-order valence-corrected chi connectivity index (χ2v) is 6.51. The highest BCUT2D eigenvalue weighted by Gasteiger charge is 2.14. The van der Waals surface area contributed by atoms with Crippen molar-refractivity contribution in [2.24, 2.45) is 0 Å². The van der Waals surface area contributed by atoms with E-state index in [9.17, 15) is 14.4 Å². The van der Waals surface area contributed by atoms with Crippen molar-refractivity contribution in [2.75, 3.05) is 10.6 Å². The normalized spacial score (nSPS) is 10.4. The van der Waals surface area contributed by atoms with Crippen LogP contribution in [0.3, 0.4) is 0 Å². The third-order valence-electron chi connectivity index (χ3n) is 4.32. The van der Waals surface area contributed by atoms with Crippen molar-refractivity contribution >= 4 is 23.2 Å². The molecule has 0 fully saturated rings. The fraction of sp³-hybridized carbons (Fsp3) is 0.182. The Morgan fingerprint density at radius 1 is 0.966 bits per heavy atom. The number of hydrogen-bond acceptors (Lipinski definition) is 4. The van der Waals surface area contributed by atoms with E-state index in [1.54, 1.807) is 0 Å². The van der Waals surface area contributed by atoms with E-state index in [-0.39, 0.29) is 24.0 Å². The Morgan fingerprint density at radius 3 is 2.34 bits per heavy atom. The maximum Gasteiger partial charge on any atom is 0.291 e. The van der Waals surface area contributed by atoms with Gasteiger partial charge in [-0.05, 0) is 24.1 Å². The van der Waals surface area contributed by atoms with Gasteiger partial charge < -0.3 is 10.6 Å². The Bertz CT molecular complexity index is 1090. The highest BCUT2D eigenvalue weighted by molar-refractivity contribution is 5.92. The van der Waals surface area contributed by atoms with Crippen LogP contribution in [0.1, 0.15) is 19.4 Å². The Balaban J connectivity index is 1.94. The third kappa shape index (κ3) is 4.95. The van der Waals surface area contributed by atoms with Crippen LogP contribution in [0.2, 0.25) is 0 Å². The Hall–Kier alpha value is -3.74. The lowest BCUT2D eigenvalue weighted by molar-refractivity contribution is -0.117. The summed E-state index contributed by atoms with van der Waals surface area (Å²) in [5.41, 5.74) is 2.49. The van der Waals surface area contributed by atoms with Gasteiger partial charge in [0.25, 0.3) is 5.56 Å². The van der Waals surface area contributed by atoms with E-state index in [0.29, 0.717) is 11.4 Å². The molecule has 3 aromatic rings. The Morgan fingerprint density at radius 2 is 1.66 bits per heavy atom. The zero-order valence-corrected chi connectivity index (χ0v) is 16.3. The van der Waals surface area contributed by atoms with Crippen LogP contribution in [0.15, 0.2) is 65.5 Å². The molecule has 0 aliphatic rings. The average Bonchev–Trinajstić information content (AvgIpc) is 2.71. The van der Waals surface area contributed by atoms with Gasteiger partial charge in [0.15, 0.2) is 0 Å². The van der Waals surface area contributed by atoms with Crippen molar-refractivity contribution in [1.29, 1.82) is 0 Å². The predicted octanol–water partition coefficient (Wildman–Crippen LogP) is 3.07. The summed E-state index contributed by atoms with van der Waals surface area (Å²) in [5.74, 6) is -0.750. The first-order valence-electron chi connectivity index (χ1n) is 9.31. The fourth-order valence-corrected chi connectivity index (χ4v) is 2.95. The molecule has 0 aliphatic heterocycles. The summed E-state index contributed by atoms with van der Waals surface area (Å²) in [6.07, 6.45) is 0.769. The summed E-state index contributed by atoms with van der Waals surface area (Å²) in [7, 11) is 0. The molecule has 7 heteroatoms. The minimum absolute atomic E-state index is 0.0770. The molecular weight excluding hydrogens is 368 g/mol. The number of para-hydroxylation sites is 1. The van der Waals surface area contributed by atoms with Crippen LogP contribution < -0.4 is 16.2 Å². The van der Waals surface area contributed by atoms with Crippen LogP contribution in [0, 0.1) is 0 Å². The van der Waals surface area contributed by atoms with E-state index in [1.807, 2.05) is 61.5 Å². The van der Waals surface area contributed by atoms with Gasteiger partial charge in [-0.25, -0.2) is 4.68 Å². The van der Waals surface area contributed by atoms with Gasteiger partial charge in [-0.3, -0.25) is 14.4 Å². The summed E-state index contributed by atoms with van der Waals surface area (Å²) in [6.45, 7) is 3.05. The maximum absolute atomic E-state index is 12.7. The van der Waals surface area contributed by atoms with E-state index < -0.39 is 5.56 Å². The number of rotatable bonds is 6. The predicted molar refractivity (Wildman–Crippen MR) is 113 cm³/mol. The van der Waals surface area contributed by atoms with Crippen molar-refractivity contribution in [3.05, 3.63) is 76.6 Å². The monoisotopic (exact) mass is 390 g/mol. The Labute approximate surface area is 168 Å². The van der Waals surface area contributed by atoms with Gasteiger partial charge in [0, 0.05) is 18.2 Å². The van der Waals surface area contributed by atoms with Crippen LogP contribution in [-0.2, 0) is 22.6 Å². The van der Waals surface area contributed by atoms with E-state index in [2.05, 4.69) is 15.7 Å². The molecule has 2 amide bonds. The number of nitrogens with one attached hydrogen (secondary N) is 2. The van der Waals surface area contributed by atoms with Gasteiger partial charge in [-0.1, -0.05) is 55.5 Å². The second-order valence-electron chi connectivity index (χ2n) is 6.51. The summed E-state index contributed by atoms with van der Waals surface area (Å²) in [5, 5.41) is 9.68. The lowest BCUT2D eigenvalue weighted by atomic mass is 10.1. The van der Waals surface area contributed by atoms with E-state index >= 15 is 0 Å². The summed E-state index contributed by atoms with van der Waals surface area (Å²) >= 11 is 0. The number of hydrogen-bond donors (Lipinski definition) is 2. The Kier molecular flexibility index (Phi) is 6.19. The quantitative estimate of drug-likeness (QED) is 0.676. The largest absolute Gasteiger partial charge is 0.324 e. The number of aromatic nitrogens is 2. The molecule has 0 unspecified atom stereocenters. The summed E-state index contributed by atoms with van der Waals surface area (Å²) in [6, 6.07) is 18.2. The number of amides is 2. The smallest absolute Gasteiger partial charge is 0.291 e. The first-order valence-corrected chi connectivity index (χ1v) is 9.31. The van der Waals surface area contributed by atoms with Gasteiger partial charge in [0.2, 0.25) is 11.8 Å². The van der Waals surface area contributed by atoms with E-state index in [4.69, 9.17) is 0 Å². The molecule has 2 aromatic carbocycles. The lowest BCUT2D eigenvalue weighted by Crippen LogP contribution is -2.32. The van der Waals surface area contributed by atoms with E-state index in [0.717, 1.165) is 22.2 Å². The summed E-state index contributed by atoms with van der Waals surface area (Å²) in [4.78, 5) is 36.8. The van der Waals surface area contributed by atoms with Gasteiger partial charge in [-0.2, -0.15) is 5.10 Å². The van der Waals surface area contributed by atoms with Crippen LogP contribution in [0.5, 0.6) is 0 Å². The lowest BCUT2D eigenvalue weighted by Gasteiger charge is -2.13. The molecule has 0 spiro atoms. The maximum atomic E-state index is 12.7. The SMILES string of the molecule is CCc1ccccc1NC(=O)Cn1nc(-c2ccccc2)cc(NC(C)=O)c1=O. The minimum Gasteiger partial charge on any atom is -0.324 e. The number of benzene rings is 2. The molecule has 0 saturated heterocycles. The number of anilines is 2. The summed E-state index contributed by atoms with van der Waals surface area (Å²) < 4.78 is 1.07. The van der Waals surface area contributed by atoms with Crippen molar-refractivity contribution in [1.82, 2.24) is 9.78 Å². The van der Waals surface area contributed by atoms with Crippen molar-refractivity contribution < 1.29 is 9.59 Å².